The van der Waals surface area contributed by atoms with E-state index in [0.717, 1.165) is 4.90 Å². The Morgan fingerprint density at radius 1 is 1.13 bits per heavy atom. The van der Waals surface area contributed by atoms with Crippen LogP contribution in [0.1, 0.15) is 23.3 Å². The van der Waals surface area contributed by atoms with Crippen LogP contribution in [0.4, 0.5) is 10.5 Å². The summed E-state index contributed by atoms with van der Waals surface area (Å²) in [6, 6.07) is 7.32. The van der Waals surface area contributed by atoms with Crippen molar-refractivity contribution in [3.63, 3.8) is 0 Å². The highest BCUT2D eigenvalue weighted by molar-refractivity contribution is 6.21. The van der Waals surface area contributed by atoms with Crippen LogP contribution in [0, 0.1) is 0 Å². The number of urea groups is 1. The molecule has 2 atom stereocenters. The lowest BCUT2D eigenvalue weighted by Gasteiger charge is -2.32. The molecule has 0 aliphatic carbocycles. The van der Waals surface area contributed by atoms with Crippen LogP contribution in [0.25, 0.3) is 0 Å². The van der Waals surface area contributed by atoms with Gasteiger partial charge in [-0.05, 0) is 25.0 Å². The maximum absolute atomic E-state index is 13.1. The fourth-order valence-electron chi connectivity index (χ4n) is 4.05. The number of nitrogens with one attached hydrogen (secondary N) is 1. The van der Waals surface area contributed by atoms with Crippen LogP contribution in [0.3, 0.4) is 0 Å². The lowest BCUT2D eigenvalue weighted by molar-refractivity contribution is -0.120. The molecule has 0 unspecified atom stereocenters. The summed E-state index contributed by atoms with van der Waals surface area (Å²) in [6.45, 7) is 0.394. The molecule has 9 nitrogen and oxygen atoms in total. The molecule has 9 heteroatoms. The quantitative estimate of drug-likeness (QED) is 0.756. The number of fused-ring (bicyclic) bond motifs is 1. The number of methoxy groups -OCH3 is 2. The normalized spacial score (nSPS) is 20.9. The van der Waals surface area contributed by atoms with Crippen LogP contribution in [0.2, 0.25) is 0 Å². The van der Waals surface area contributed by atoms with Gasteiger partial charge in [-0.3, -0.25) is 9.59 Å². The van der Waals surface area contributed by atoms with Crippen molar-refractivity contribution < 1.29 is 23.9 Å². The van der Waals surface area contributed by atoms with E-state index in [0.29, 0.717) is 42.3 Å². The second-order valence-corrected chi connectivity index (χ2v) is 7.44. The maximum Gasteiger partial charge on any atom is 0.332 e. The number of hydrogen-bond acceptors (Lipinski definition) is 5. The van der Waals surface area contributed by atoms with Gasteiger partial charge in [0.25, 0.3) is 11.8 Å². The molecule has 158 valence electrons. The predicted octanol–water partition coefficient (Wildman–Crippen LogP) is 1.77. The Kier molecular flexibility index (Phi) is 5.11. The van der Waals surface area contributed by atoms with Gasteiger partial charge < -0.3 is 24.3 Å². The molecule has 2 saturated heterocycles. The highest BCUT2D eigenvalue weighted by Crippen LogP contribution is 2.35. The average molecular weight is 412 g/mol. The van der Waals surface area contributed by atoms with Crippen LogP contribution in [-0.2, 0) is 11.8 Å². The van der Waals surface area contributed by atoms with Crippen molar-refractivity contribution in [2.75, 3.05) is 25.7 Å². The largest absolute Gasteiger partial charge is 0.497 e. The third-order valence-electron chi connectivity index (χ3n) is 5.65. The number of hydrogen-bond donors (Lipinski definition) is 1. The molecule has 3 heterocycles. The van der Waals surface area contributed by atoms with Gasteiger partial charge in [0.05, 0.1) is 19.9 Å². The second kappa shape index (κ2) is 7.74. The Balaban J connectivity index is 1.52. The zero-order valence-electron chi connectivity index (χ0n) is 17.1. The summed E-state index contributed by atoms with van der Waals surface area (Å²) in [5.41, 5.74) is 0.955. The number of piperidine rings is 1. The van der Waals surface area contributed by atoms with E-state index in [1.165, 1.54) is 14.2 Å². The Bertz CT molecular complexity index is 979. The summed E-state index contributed by atoms with van der Waals surface area (Å²) in [6.07, 6.45) is 2.76. The molecule has 1 N–H and O–H groups in total. The molecule has 30 heavy (non-hydrogen) atoms. The second-order valence-electron chi connectivity index (χ2n) is 7.44. The molecule has 2 aliphatic rings. The highest BCUT2D eigenvalue weighted by atomic mass is 16.5. The van der Waals surface area contributed by atoms with E-state index in [1.54, 1.807) is 53.0 Å². The van der Waals surface area contributed by atoms with Gasteiger partial charge in [0, 0.05) is 44.0 Å². The number of imide groups is 1. The summed E-state index contributed by atoms with van der Waals surface area (Å²) in [5.74, 6) is 0.477. The Morgan fingerprint density at radius 2 is 1.83 bits per heavy atom. The summed E-state index contributed by atoms with van der Waals surface area (Å²) in [5, 5.41) is 2.99. The topological polar surface area (TPSA) is 93.1 Å². The summed E-state index contributed by atoms with van der Waals surface area (Å²) in [4.78, 5) is 41.4. The Morgan fingerprint density at radius 3 is 2.43 bits per heavy atom. The van der Waals surface area contributed by atoms with E-state index in [4.69, 9.17) is 9.47 Å². The van der Waals surface area contributed by atoms with E-state index in [1.807, 2.05) is 0 Å². The molecule has 0 spiro atoms. The van der Waals surface area contributed by atoms with Gasteiger partial charge in [-0.25, -0.2) is 9.69 Å². The summed E-state index contributed by atoms with van der Waals surface area (Å²) in [7, 11) is 4.82. The summed E-state index contributed by atoms with van der Waals surface area (Å²) < 4.78 is 12.3. The minimum atomic E-state index is -0.609. The smallest absolute Gasteiger partial charge is 0.332 e. The molecular formula is C21H24N4O5. The van der Waals surface area contributed by atoms with Crippen molar-refractivity contribution in [2.45, 2.75) is 24.9 Å². The Hall–Kier alpha value is -3.49. The first-order valence-corrected chi connectivity index (χ1v) is 9.72. The molecule has 4 amide bonds. The van der Waals surface area contributed by atoms with Gasteiger partial charge in [-0.1, -0.05) is 0 Å². The number of carbonyl (C=O) groups excluding carboxylic acids is 3. The molecule has 1 aromatic carbocycles. The number of aromatic nitrogens is 1. The van der Waals surface area contributed by atoms with Gasteiger partial charge in [-0.2, -0.15) is 0 Å². The number of anilines is 1. The first kappa shape index (κ1) is 19.8. The number of carbonyl (C=O) groups is 3. The van der Waals surface area contributed by atoms with Crippen molar-refractivity contribution >= 4 is 23.5 Å². The van der Waals surface area contributed by atoms with Crippen LogP contribution in [0.5, 0.6) is 11.5 Å². The van der Waals surface area contributed by atoms with Crippen molar-refractivity contribution in [1.82, 2.24) is 14.8 Å². The van der Waals surface area contributed by atoms with E-state index < -0.39 is 6.04 Å². The summed E-state index contributed by atoms with van der Waals surface area (Å²) >= 11 is 0. The van der Waals surface area contributed by atoms with Crippen LogP contribution in [-0.4, -0.2) is 60.2 Å². The van der Waals surface area contributed by atoms with Crippen LogP contribution >= 0.6 is 0 Å². The van der Waals surface area contributed by atoms with Crippen molar-refractivity contribution in [1.29, 1.82) is 0 Å². The fourth-order valence-corrected chi connectivity index (χ4v) is 4.05. The third kappa shape index (κ3) is 3.36. The number of benzene rings is 1. The molecule has 4 rings (SSSR count). The van der Waals surface area contributed by atoms with Crippen LogP contribution in [0.15, 0.2) is 36.5 Å². The molecule has 1 aromatic heterocycles. The fraction of sp³-hybridized carbons (Fsp3) is 0.381. The number of amides is 4. The van der Waals surface area contributed by atoms with E-state index in [-0.39, 0.29) is 23.9 Å². The number of ether oxygens (including phenoxy) is 2. The molecule has 0 bridgehead atoms. The van der Waals surface area contributed by atoms with E-state index in [2.05, 4.69) is 5.32 Å². The van der Waals surface area contributed by atoms with Crippen molar-refractivity contribution in [2.24, 2.45) is 7.05 Å². The van der Waals surface area contributed by atoms with Gasteiger partial charge in [-0.15, -0.1) is 0 Å². The number of aryl methyl sites for hydroxylation is 1. The number of nitrogens with zero attached hydrogens (tertiary/aromatic N) is 3. The van der Waals surface area contributed by atoms with E-state index >= 15 is 0 Å². The highest BCUT2D eigenvalue weighted by Gasteiger charge is 2.49. The molecule has 2 aromatic rings. The van der Waals surface area contributed by atoms with Gasteiger partial charge >= 0.3 is 6.03 Å². The van der Waals surface area contributed by atoms with Gasteiger partial charge in [0.1, 0.15) is 23.2 Å². The Labute approximate surface area is 174 Å². The SMILES string of the molecule is COc1cc(OC)cc(N2C(=O)[C@@H]3C[C@@H](NC(=O)c4cccn4C)CCN3C2=O)c1. The molecular weight excluding hydrogens is 388 g/mol. The lowest BCUT2D eigenvalue weighted by Crippen LogP contribution is -2.50. The van der Waals surface area contributed by atoms with Crippen molar-refractivity contribution in [3.8, 4) is 11.5 Å². The predicted molar refractivity (Wildman–Crippen MR) is 109 cm³/mol. The van der Waals surface area contributed by atoms with Crippen molar-refractivity contribution in [3.05, 3.63) is 42.2 Å². The molecule has 0 radical (unpaired) electrons. The van der Waals surface area contributed by atoms with Gasteiger partial charge in [0.15, 0.2) is 0 Å². The maximum atomic E-state index is 13.1. The minimum absolute atomic E-state index is 0.188. The number of rotatable bonds is 5. The average Bonchev–Trinajstić information content (AvgIpc) is 3.28. The standard InChI is InChI=1S/C21H24N4O5/c1-23-7-4-5-17(23)19(26)22-13-6-8-24-18(9-13)20(27)25(21(24)28)14-10-15(29-2)12-16(11-14)30-3/h4-5,7,10-13,18H,6,8-9H2,1-3H3,(H,22,26)/t13-,18-/m0/s1. The van der Waals surface area contributed by atoms with Crippen LogP contribution < -0.4 is 19.7 Å². The minimum Gasteiger partial charge on any atom is -0.497 e. The molecule has 2 fully saturated rings. The first-order valence-electron chi connectivity index (χ1n) is 9.72. The zero-order valence-corrected chi connectivity index (χ0v) is 17.1. The monoisotopic (exact) mass is 412 g/mol. The first-order chi connectivity index (χ1) is 14.4. The molecule has 0 saturated carbocycles. The van der Waals surface area contributed by atoms with Gasteiger partial charge in [0.2, 0.25) is 0 Å². The lowest BCUT2D eigenvalue weighted by atomic mass is 9.98. The zero-order chi connectivity index (χ0) is 21.4. The van der Waals surface area contributed by atoms with E-state index in [9.17, 15) is 14.4 Å². The molecule has 2 aliphatic heterocycles. The third-order valence-corrected chi connectivity index (χ3v) is 5.65.